The molecule has 27 heteroatoms. The molecule has 0 unspecified atom stereocenters. The lowest BCUT2D eigenvalue weighted by molar-refractivity contribution is -0.482. The molecule has 0 fully saturated rings. The standard InChI is InChI=1S/C17H8F25NO/c18-6(19,2-1-5-43-3-4-44-5)7(20,21)8(22,23)9(24,25)10(26,27)11(28,29)12(30,31)13(32,33)14(34,35)15(36,37)16(38,39)17(40,41)42/h1-4H2. The Hall–Kier alpha value is -2.28. The molecule has 262 valence electrons. The highest BCUT2D eigenvalue weighted by atomic mass is 19.4. The summed E-state index contributed by atoms with van der Waals surface area (Å²) < 4.78 is 339. The van der Waals surface area contributed by atoms with Gasteiger partial charge >= 0.3 is 71.3 Å². The fourth-order valence-electron chi connectivity index (χ4n) is 2.94. The fourth-order valence-corrected chi connectivity index (χ4v) is 2.94. The van der Waals surface area contributed by atoms with E-state index in [1.807, 2.05) is 0 Å². The Morgan fingerprint density at radius 1 is 0.409 bits per heavy atom. The summed E-state index contributed by atoms with van der Waals surface area (Å²) in [5.74, 6) is -99.1. The molecule has 0 aliphatic carbocycles. The Bertz CT molecular complexity index is 1080. The number of aliphatic imine (C=N–C) groups is 1. The van der Waals surface area contributed by atoms with E-state index in [1.54, 1.807) is 0 Å². The predicted molar refractivity (Wildman–Crippen MR) is 88.0 cm³/mol. The molecule has 0 atom stereocenters. The van der Waals surface area contributed by atoms with Gasteiger partial charge in [0.2, 0.25) is 0 Å². The zero-order valence-corrected chi connectivity index (χ0v) is 19.6. The van der Waals surface area contributed by atoms with E-state index in [4.69, 9.17) is 0 Å². The van der Waals surface area contributed by atoms with Crippen molar-refractivity contribution in [1.29, 1.82) is 0 Å². The lowest BCUT2D eigenvalue weighted by atomic mass is 9.84. The van der Waals surface area contributed by atoms with E-state index in [9.17, 15) is 110 Å². The third kappa shape index (κ3) is 4.95. The van der Waals surface area contributed by atoms with Gasteiger partial charge in [-0.15, -0.1) is 0 Å². The van der Waals surface area contributed by atoms with Gasteiger partial charge < -0.3 is 4.74 Å². The van der Waals surface area contributed by atoms with Crippen molar-refractivity contribution >= 4 is 5.90 Å². The van der Waals surface area contributed by atoms with Crippen LogP contribution in [0.3, 0.4) is 0 Å². The van der Waals surface area contributed by atoms with E-state index in [-0.39, 0.29) is 0 Å². The van der Waals surface area contributed by atoms with Crippen molar-refractivity contribution in [3.8, 4) is 0 Å². The second-order valence-electron chi connectivity index (χ2n) is 8.57. The molecule has 0 aromatic carbocycles. The summed E-state index contributed by atoms with van der Waals surface area (Å²) in [6.07, 6.45) is -12.8. The number of halogens is 25. The maximum absolute atomic E-state index is 13.8. The van der Waals surface area contributed by atoms with Crippen LogP contribution >= 0.6 is 0 Å². The van der Waals surface area contributed by atoms with Gasteiger partial charge in [-0.1, -0.05) is 0 Å². The van der Waals surface area contributed by atoms with E-state index in [1.165, 1.54) is 0 Å². The van der Waals surface area contributed by atoms with Gasteiger partial charge in [0.05, 0.1) is 6.54 Å². The second kappa shape index (κ2) is 10.4. The number of hydrogen-bond acceptors (Lipinski definition) is 2. The van der Waals surface area contributed by atoms with Crippen LogP contribution in [-0.4, -0.2) is 90.4 Å². The largest absolute Gasteiger partial charge is 0.479 e. The zero-order valence-electron chi connectivity index (χ0n) is 19.6. The molecule has 0 radical (unpaired) electrons. The predicted octanol–water partition coefficient (Wildman–Crippen LogP) is 8.75. The van der Waals surface area contributed by atoms with Gasteiger partial charge in [-0.3, -0.25) is 4.99 Å². The first-order chi connectivity index (χ1) is 18.8. The highest BCUT2D eigenvalue weighted by Crippen LogP contribution is 2.67. The van der Waals surface area contributed by atoms with Crippen molar-refractivity contribution in [2.45, 2.75) is 84.2 Å². The van der Waals surface area contributed by atoms with Crippen LogP contribution in [0.5, 0.6) is 0 Å². The molecule has 0 bridgehead atoms. The van der Waals surface area contributed by atoms with Crippen LogP contribution in [0, 0.1) is 0 Å². The number of hydrogen-bond donors (Lipinski definition) is 0. The summed E-state index contributed by atoms with van der Waals surface area (Å²) in [6.45, 7) is -0.866. The maximum Gasteiger partial charge on any atom is 0.460 e. The molecule has 1 aliphatic heterocycles. The smallest absolute Gasteiger partial charge is 0.460 e. The molecular formula is C17H8F25NO. The molecule has 44 heavy (non-hydrogen) atoms. The SMILES string of the molecule is FC(F)(F)C(F)(F)C(F)(F)C(F)(F)C(F)(F)C(F)(F)C(F)(F)C(F)(F)C(F)(F)C(F)(F)C(F)(F)C(F)(F)CCC1=NCCO1. The van der Waals surface area contributed by atoms with E-state index in [0.717, 1.165) is 0 Å². The molecule has 1 aliphatic rings. The minimum absolute atomic E-state index is 0.398. The van der Waals surface area contributed by atoms with Crippen molar-refractivity contribution < 1.29 is 114 Å². The Morgan fingerprint density at radius 3 is 0.932 bits per heavy atom. The third-order valence-electron chi connectivity index (χ3n) is 5.67. The maximum atomic E-state index is 13.8. The Morgan fingerprint density at radius 2 is 0.682 bits per heavy atom. The van der Waals surface area contributed by atoms with Gasteiger partial charge in [0.15, 0.2) is 5.90 Å². The van der Waals surface area contributed by atoms with Crippen LogP contribution < -0.4 is 0 Å². The molecule has 2 nitrogen and oxygen atoms in total. The molecule has 1 rings (SSSR count). The van der Waals surface area contributed by atoms with E-state index in [2.05, 4.69) is 9.73 Å². The van der Waals surface area contributed by atoms with Crippen molar-refractivity contribution in [1.82, 2.24) is 0 Å². The topological polar surface area (TPSA) is 21.6 Å². The zero-order chi connectivity index (χ0) is 35.8. The highest BCUT2D eigenvalue weighted by Gasteiger charge is 2.99. The molecule has 0 amide bonds. The quantitative estimate of drug-likeness (QED) is 0.175. The Kier molecular flexibility index (Phi) is 9.36. The minimum Gasteiger partial charge on any atom is -0.479 e. The number of ether oxygens (including phenoxy) is 1. The lowest BCUT2D eigenvalue weighted by Crippen LogP contribution is -2.78. The number of rotatable bonds is 13. The molecular weight excluding hydrogens is 709 g/mol. The summed E-state index contributed by atoms with van der Waals surface area (Å²) in [5, 5.41) is 0. The molecule has 0 saturated heterocycles. The minimum atomic E-state index is -9.59. The lowest BCUT2D eigenvalue weighted by Gasteiger charge is -2.45. The van der Waals surface area contributed by atoms with E-state index in [0.29, 0.717) is 0 Å². The van der Waals surface area contributed by atoms with Gasteiger partial charge in [0, 0.05) is 12.8 Å². The highest BCUT2D eigenvalue weighted by molar-refractivity contribution is 5.77. The first kappa shape index (κ1) is 39.7. The fraction of sp³-hybridized carbons (Fsp3) is 0.941. The molecule has 0 saturated carbocycles. The summed E-state index contributed by atoms with van der Waals surface area (Å²) in [7, 11) is 0. The first-order valence-corrected chi connectivity index (χ1v) is 10.2. The third-order valence-corrected chi connectivity index (χ3v) is 5.67. The van der Waals surface area contributed by atoms with E-state index < -0.39 is 103 Å². The number of alkyl halides is 25. The summed E-state index contributed by atoms with van der Waals surface area (Å²) in [5.41, 5.74) is 0. The van der Waals surface area contributed by atoms with Crippen LogP contribution in [0.4, 0.5) is 110 Å². The summed E-state index contributed by atoms with van der Waals surface area (Å²) >= 11 is 0. The average molecular weight is 717 g/mol. The van der Waals surface area contributed by atoms with Gasteiger partial charge in [0.1, 0.15) is 6.61 Å². The van der Waals surface area contributed by atoms with Gasteiger partial charge in [-0.25, -0.2) is 0 Å². The normalized spacial score (nSPS) is 18.0. The van der Waals surface area contributed by atoms with Crippen molar-refractivity contribution in [2.75, 3.05) is 13.2 Å². The van der Waals surface area contributed by atoms with Crippen molar-refractivity contribution in [2.24, 2.45) is 4.99 Å². The molecule has 0 spiro atoms. The van der Waals surface area contributed by atoms with Crippen LogP contribution in [0.2, 0.25) is 0 Å². The van der Waals surface area contributed by atoms with Gasteiger partial charge in [-0.2, -0.15) is 110 Å². The first-order valence-electron chi connectivity index (χ1n) is 10.2. The van der Waals surface area contributed by atoms with Crippen molar-refractivity contribution in [3.05, 3.63) is 0 Å². The molecule has 0 N–H and O–H groups in total. The van der Waals surface area contributed by atoms with Crippen LogP contribution in [0.1, 0.15) is 12.8 Å². The van der Waals surface area contributed by atoms with Crippen LogP contribution in [-0.2, 0) is 4.74 Å². The van der Waals surface area contributed by atoms with Gasteiger partial charge in [0.25, 0.3) is 0 Å². The molecule has 1 heterocycles. The summed E-state index contributed by atoms with van der Waals surface area (Å²) in [6, 6.07) is 0. The average Bonchev–Trinajstić information content (AvgIpc) is 3.34. The van der Waals surface area contributed by atoms with Gasteiger partial charge in [-0.05, 0) is 0 Å². The number of nitrogens with zero attached hydrogens (tertiary/aromatic N) is 1. The van der Waals surface area contributed by atoms with E-state index >= 15 is 0 Å². The van der Waals surface area contributed by atoms with Crippen LogP contribution in [0.15, 0.2) is 4.99 Å². The molecule has 0 aromatic rings. The van der Waals surface area contributed by atoms with Crippen LogP contribution in [0.25, 0.3) is 0 Å². The summed E-state index contributed by atoms with van der Waals surface area (Å²) in [4.78, 5) is 3.10. The monoisotopic (exact) mass is 717 g/mol. The molecule has 0 aromatic heterocycles. The van der Waals surface area contributed by atoms with Crippen molar-refractivity contribution in [3.63, 3.8) is 0 Å². The Balaban J connectivity index is 3.75. The Labute approximate surface area is 224 Å². The second-order valence-corrected chi connectivity index (χ2v) is 8.57.